The zero-order chi connectivity index (χ0) is 16.2. The number of hydrogen-bond acceptors (Lipinski definition) is 6. The molecule has 0 atom stereocenters. The topological polar surface area (TPSA) is 97.3 Å². The van der Waals surface area contributed by atoms with Crippen LogP contribution in [-0.4, -0.2) is 40.1 Å². The summed E-state index contributed by atoms with van der Waals surface area (Å²) < 4.78 is 17.8. The van der Waals surface area contributed by atoms with Crippen molar-refractivity contribution >= 4 is 11.9 Å². The second-order valence-corrected chi connectivity index (χ2v) is 5.60. The van der Waals surface area contributed by atoms with Gasteiger partial charge in [0.2, 0.25) is 0 Å². The van der Waals surface area contributed by atoms with Crippen molar-refractivity contribution in [3.05, 3.63) is 41.5 Å². The molecular formula is C15H18FN5O2. The van der Waals surface area contributed by atoms with Crippen LogP contribution >= 0.6 is 0 Å². The van der Waals surface area contributed by atoms with Crippen LogP contribution in [0.15, 0.2) is 28.7 Å². The van der Waals surface area contributed by atoms with E-state index in [0.29, 0.717) is 0 Å². The van der Waals surface area contributed by atoms with Crippen molar-refractivity contribution in [3.8, 4) is 0 Å². The molecule has 1 fully saturated rings. The summed E-state index contributed by atoms with van der Waals surface area (Å²) in [7, 11) is 0. The third-order valence-corrected chi connectivity index (χ3v) is 3.88. The standard InChI is InChI=1S/C15H18FN5O2/c16-11-3-1-10(2-4-11)9-21-7-5-12(6-8-21)18-13(22)14-19-20-15(17)23-14/h1-4,12H,5-9H2,(H2,17,20)(H,18,22). The molecule has 0 aliphatic carbocycles. The van der Waals surface area contributed by atoms with E-state index in [4.69, 9.17) is 10.2 Å². The summed E-state index contributed by atoms with van der Waals surface area (Å²) in [5, 5.41) is 9.90. The third-order valence-electron chi connectivity index (χ3n) is 3.88. The average molecular weight is 319 g/mol. The molecule has 0 radical (unpaired) electrons. The van der Waals surface area contributed by atoms with Crippen LogP contribution in [-0.2, 0) is 6.54 Å². The number of anilines is 1. The number of rotatable bonds is 4. The Labute approximate surface area is 132 Å². The molecule has 0 bridgehead atoms. The van der Waals surface area contributed by atoms with Crippen molar-refractivity contribution in [3.63, 3.8) is 0 Å². The Hall–Kier alpha value is -2.48. The van der Waals surface area contributed by atoms with Gasteiger partial charge in [0.25, 0.3) is 0 Å². The fourth-order valence-corrected chi connectivity index (χ4v) is 2.66. The zero-order valence-electron chi connectivity index (χ0n) is 12.5. The van der Waals surface area contributed by atoms with Crippen LogP contribution in [0.25, 0.3) is 0 Å². The van der Waals surface area contributed by atoms with E-state index in [1.165, 1.54) is 12.1 Å². The predicted molar refractivity (Wildman–Crippen MR) is 80.9 cm³/mol. The second-order valence-electron chi connectivity index (χ2n) is 5.60. The number of benzene rings is 1. The number of carbonyl (C=O) groups excluding carboxylic acids is 1. The number of amides is 1. The molecule has 1 aromatic carbocycles. The van der Waals surface area contributed by atoms with Gasteiger partial charge in [0.1, 0.15) is 5.82 Å². The lowest BCUT2D eigenvalue weighted by atomic mass is 10.0. The molecule has 0 saturated carbocycles. The molecule has 2 aromatic rings. The van der Waals surface area contributed by atoms with E-state index < -0.39 is 5.91 Å². The number of aromatic nitrogens is 2. The molecular weight excluding hydrogens is 301 g/mol. The fraction of sp³-hybridized carbons (Fsp3) is 0.400. The van der Waals surface area contributed by atoms with Gasteiger partial charge in [-0.15, -0.1) is 5.10 Å². The van der Waals surface area contributed by atoms with Crippen molar-refractivity contribution in [1.29, 1.82) is 0 Å². The van der Waals surface area contributed by atoms with Crippen LogP contribution in [0.5, 0.6) is 0 Å². The Balaban J connectivity index is 1.46. The molecule has 1 aliphatic heterocycles. The zero-order valence-corrected chi connectivity index (χ0v) is 12.5. The molecule has 1 aromatic heterocycles. The van der Waals surface area contributed by atoms with Crippen molar-refractivity contribution in [2.45, 2.75) is 25.4 Å². The van der Waals surface area contributed by atoms with Crippen molar-refractivity contribution < 1.29 is 13.6 Å². The van der Waals surface area contributed by atoms with E-state index in [1.54, 1.807) is 12.1 Å². The molecule has 2 heterocycles. The van der Waals surface area contributed by atoms with Gasteiger partial charge < -0.3 is 15.5 Å². The molecule has 1 aliphatic rings. The van der Waals surface area contributed by atoms with Crippen molar-refractivity contribution in [1.82, 2.24) is 20.4 Å². The number of nitrogens with zero attached hydrogens (tertiary/aromatic N) is 3. The minimum Gasteiger partial charge on any atom is -0.399 e. The summed E-state index contributed by atoms with van der Waals surface area (Å²) in [4.78, 5) is 14.2. The van der Waals surface area contributed by atoms with E-state index in [-0.39, 0.29) is 23.8 Å². The minimum absolute atomic E-state index is 0.0695. The van der Waals surface area contributed by atoms with Gasteiger partial charge in [-0.05, 0) is 30.5 Å². The van der Waals surface area contributed by atoms with E-state index in [2.05, 4.69) is 20.4 Å². The number of nitrogens with one attached hydrogen (secondary N) is 1. The number of hydrogen-bond donors (Lipinski definition) is 2. The predicted octanol–water partition coefficient (Wildman–Crippen LogP) is 1.19. The normalized spacial score (nSPS) is 16.4. The van der Waals surface area contributed by atoms with Gasteiger partial charge in [-0.2, -0.15) is 0 Å². The third kappa shape index (κ3) is 4.04. The maximum Gasteiger partial charge on any atom is 0.313 e. The highest BCUT2D eigenvalue weighted by Crippen LogP contribution is 2.15. The quantitative estimate of drug-likeness (QED) is 0.878. The molecule has 8 heteroatoms. The summed E-state index contributed by atoms with van der Waals surface area (Å²) in [6, 6.07) is 6.48. The lowest BCUT2D eigenvalue weighted by Crippen LogP contribution is -2.44. The van der Waals surface area contributed by atoms with Crippen molar-refractivity contribution in [2.24, 2.45) is 0 Å². The largest absolute Gasteiger partial charge is 0.399 e. The van der Waals surface area contributed by atoms with E-state index in [9.17, 15) is 9.18 Å². The van der Waals surface area contributed by atoms with E-state index >= 15 is 0 Å². The summed E-state index contributed by atoms with van der Waals surface area (Å²) >= 11 is 0. The van der Waals surface area contributed by atoms with E-state index in [1.807, 2.05) is 0 Å². The molecule has 3 rings (SSSR count). The van der Waals surface area contributed by atoms with Crippen LogP contribution < -0.4 is 11.1 Å². The Bertz CT molecular complexity index is 665. The highest BCUT2D eigenvalue weighted by molar-refractivity contribution is 5.89. The molecule has 23 heavy (non-hydrogen) atoms. The van der Waals surface area contributed by atoms with Crippen LogP contribution in [0.2, 0.25) is 0 Å². The highest BCUT2D eigenvalue weighted by Gasteiger charge is 2.23. The number of halogens is 1. The molecule has 0 unspecified atom stereocenters. The van der Waals surface area contributed by atoms with Crippen LogP contribution in [0.3, 0.4) is 0 Å². The Morgan fingerprint density at radius 2 is 2.00 bits per heavy atom. The SMILES string of the molecule is Nc1nnc(C(=O)NC2CCN(Cc3ccc(F)cc3)CC2)o1. The number of piperidine rings is 1. The van der Waals surface area contributed by atoms with Crippen LogP contribution in [0, 0.1) is 5.82 Å². The van der Waals surface area contributed by atoms with Gasteiger partial charge in [0.15, 0.2) is 0 Å². The number of carbonyl (C=O) groups is 1. The maximum absolute atomic E-state index is 12.9. The van der Waals surface area contributed by atoms with Gasteiger partial charge in [-0.3, -0.25) is 9.69 Å². The van der Waals surface area contributed by atoms with Crippen LogP contribution in [0.4, 0.5) is 10.4 Å². The molecule has 1 saturated heterocycles. The molecule has 7 nitrogen and oxygen atoms in total. The first-order valence-electron chi connectivity index (χ1n) is 7.47. The molecule has 122 valence electrons. The summed E-state index contributed by atoms with van der Waals surface area (Å²) in [5.41, 5.74) is 6.38. The Kier molecular flexibility index (Phi) is 4.52. The highest BCUT2D eigenvalue weighted by atomic mass is 19.1. The lowest BCUT2D eigenvalue weighted by Gasteiger charge is -2.32. The smallest absolute Gasteiger partial charge is 0.313 e. The fourth-order valence-electron chi connectivity index (χ4n) is 2.66. The van der Waals surface area contributed by atoms with Crippen molar-refractivity contribution in [2.75, 3.05) is 18.8 Å². The first-order valence-corrected chi connectivity index (χ1v) is 7.47. The number of nitrogen functional groups attached to an aromatic ring is 1. The van der Waals surface area contributed by atoms with Crippen LogP contribution in [0.1, 0.15) is 29.1 Å². The number of nitrogens with two attached hydrogens (primary N) is 1. The number of likely N-dealkylation sites (tertiary alicyclic amines) is 1. The lowest BCUT2D eigenvalue weighted by molar-refractivity contribution is 0.0875. The van der Waals surface area contributed by atoms with Gasteiger partial charge >= 0.3 is 17.8 Å². The van der Waals surface area contributed by atoms with Gasteiger partial charge in [-0.25, -0.2) is 4.39 Å². The second kappa shape index (κ2) is 6.74. The maximum atomic E-state index is 12.9. The van der Waals surface area contributed by atoms with Gasteiger partial charge in [-0.1, -0.05) is 17.2 Å². The van der Waals surface area contributed by atoms with Gasteiger partial charge in [0.05, 0.1) is 0 Å². The minimum atomic E-state index is -0.397. The average Bonchev–Trinajstić information content (AvgIpc) is 2.98. The van der Waals surface area contributed by atoms with Gasteiger partial charge in [0, 0.05) is 25.7 Å². The monoisotopic (exact) mass is 319 g/mol. The molecule has 0 spiro atoms. The van der Waals surface area contributed by atoms with E-state index in [0.717, 1.165) is 38.0 Å². The Morgan fingerprint density at radius 3 is 2.61 bits per heavy atom. The summed E-state index contributed by atoms with van der Waals surface area (Å²) in [5.74, 6) is -0.737. The summed E-state index contributed by atoms with van der Waals surface area (Å²) in [6.07, 6.45) is 1.66. The molecule has 3 N–H and O–H groups in total. The Morgan fingerprint density at radius 1 is 1.30 bits per heavy atom. The first kappa shape index (κ1) is 15.4. The summed E-state index contributed by atoms with van der Waals surface area (Å²) in [6.45, 7) is 2.49. The molecule has 1 amide bonds. The first-order chi connectivity index (χ1) is 11.1.